The van der Waals surface area contributed by atoms with Gasteiger partial charge in [0.25, 0.3) is 0 Å². The first-order valence-corrected chi connectivity index (χ1v) is 10.8. The van der Waals surface area contributed by atoms with Crippen LogP contribution < -0.4 is 4.74 Å². The number of thiazole rings is 1. The summed E-state index contributed by atoms with van der Waals surface area (Å²) in [6.07, 6.45) is 0. The Bertz CT molecular complexity index is 1040. The summed E-state index contributed by atoms with van der Waals surface area (Å²) in [7, 11) is 1.67. The minimum atomic E-state index is 0.768. The van der Waals surface area contributed by atoms with Crippen molar-refractivity contribution >= 4 is 23.1 Å². The highest BCUT2D eigenvalue weighted by Crippen LogP contribution is 2.29. The fourth-order valence-electron chi connectivity index (χ4n) is 2.86. The van der Waals surface area contributed by atoms with Gasteiger partial charge in [-0.15, -0.1) is 21.5 Å². The molecule has 0 fully saturated rings. The highest BCUT2D eigenvalue weighted by atomic mass is 32.2. The zero-order valence-electron chi connectivity index (χ0n) is 15.7. The molecule has 0 bridgehead atoms. The number of rotatable bonds is 7. The Morgan fingerprint density at radius 3 is 2.50 bits per heavy atom. The van der Waals surface area contributed by atoms with Crippen LogP contribution in [-0.4, -0.2) is 26.9 Å². The van der Waals surface area contributed by atoms with Crippen molar-refractivity contribution in [3.05, 3.63) is 65.7 Å². The zero-order valence-corrected chi connectivity index (χ0v) is 17.3. The molecule has 28 heavy (non-hydrogen) atoms. The van der Waals surface area contributed by atoms with E-state index in [-0.39, 0.29) is 0 Å². The molecule has 0 aliphatic rings. The summed E-state index contributed by atoms with van der Waals surface area (Å²) in [5, 5.41) is 12.9. The lowest BCUT2D eigenvalue weighted by Crippen LogP contribution is -2.00. The van der Waals surface area contributed by atoms with Crippen LogP contribution in [0.4, 0.5) is 0 Å². The van der Waals surface area contributed by atoms with Crippen molar-refractivity contribution in [1.82, 2.24) is 19.7 Å². The third-order valence-corrected chi connectivity index (χ3v) is 6.24. The van der Waals surface area contributed by atoms with E-state index in [0.29, 0.717) is 0 Å². The van der Waals surface area contributed by atoms with Crippen molar-refractivity contribution in [3.8, 4) is 27.7 Å². The molecule has 0 amide bonds. The lowest BCUT2D eigenvalue weighted by molar-refractivity contribution is 0.415. The topological polar surface area (TPSA) is 52.8 Å². The molecule has 2 aromatic carbocycles. The molecule has 0 spiro atoms. The number of methoxy groups -OCH3 is 1. The third kappa shape index (κ3) is 3.95. The zero-order chi connectivity index (χ0) is 19.3. The van der Waals surface area contributed by atoms with Gasteiger partial charge >= 0.3 is 0 Å². The fourth-order valence-corrected chi connectivity index (χ4v) is 4.69. The van der Waals surface area contributed by atoms with Gasteiger partial charge in [0.2, 0.25) is 0 Å². The molecule has 0 radical (unpaired) electrons. The van der Waals surface area contributed by atoms with E-state index in [9.17, 15) is 0 Å². The summed E-state index contributed by atoms with van der Waals surface area (Å²) < 4.78 is 7.37. The molecule has 4 aromatic rings. The summed E-state index contributed by atoms with van der Waals surface area (Å²) in [6.45, 7) is 2.92. The summed E-state index contributed by atoms with van der Waals surface area (Å²) in [4.78, 5) is 4.76. The van der Waals surface area contributed by atoms with E-state index >= 15 is 0 Å². The van der Waals surface area contributed by atoms with E-state index < -0.39 is 0 Å². The average molecular weight is 409 g/mol. The van der Waals surface area contributed by atoms with Gasteiger partial charge in [-0.2, -0.15) is 0 Å². The third-order valence-electron chi connectivity index (χ3n) is 4.30. The Morgan fingerprint density at radius 1 is 1.00 bits per heavy atom. The lowest BCUT2D eigenvalue weighted by atomic mass is 10.2. The summed E-state index contributed by atoms with van der Waals surface area (Å²) in [5.41, 5.74) is 3.25. The number of benzene rings is 2. The number of hydrogen-bond acceptors (Lipinski definition) is 6. The molecule has 0 saturated heterocycles. The molecule has 2 heterocycles. The van der Waals surface area contributed by atoms with Gasteiger partial charge in [-0.1, -0.05) is 42.1 Å². The first-order chi connectivity index (χ1) is 13.8. The lowest BCUT2D eigenvalue weighted by Gasteiger charge is -2.07. The van der Waals surface area contributed by atoms with Gasteiger partial charge in [0.15, 0.2) is 11.0 Å². The minimum Gasteiger partial charge on any atom is -0.497 e. The Balaban J connectivity index is 1.50. The van der Waals surface area contributed by atoms with Crippen LogP contribution in [0.2, 0.25) is 0 Å². The standard InChI is InChI=1S/C21H20N4OS2/c1-3-25-19(15-9-11-18(26-2)12-10-15)23-24-21(25)28-14-17-13-27-20(22-17)16-7-5-4-6-8-16/h4-13H,3,14H2,1-2H3. The van der Waals surface area contributed by atoms with Crippen molar-refractivity contribution in [2.45, 2.75) is 24.4 Å². The van der Waals surface area contributed by atoms with Crippen molar-refractivity contribution in [2.24, 2.45) is 0 Å². The number of nitrogens with zero attached hydrogens (tertiary/aromatic N) is 4. The number of ether oxygens (including phenoxy) is 1. The van der Waals surface area contributed by atoms with E-state index in [0.717, 1.165) is 50.9 Å². The second-order valence-corrected chi connectivity index (χ2v) is 7.88. The van der Waals surface area contributed by atoms with Crippen LogP contribution in [0.5, 0.6) is 5.75 Å². The molecule has 0 aliphatic carbocycles. The summed E-state index contributed by atoms with van der Waals surface area (Å²) in [6, 6.07) is 18.2. The maximum atomic E-state index is 5.24. The van der Waals surface area contributed by atoms with Crippen molar-refractivity contribution in [3.63, 3.8) is 0 Å². The van der Waals surface area contributed by atoms with Gasteiger partial charge in [0, 0.05) is 28.8 Å². The highest BCUT2D eigenvalue weighted by Gasteiger charge is 2.14. The normalized spacial score (nSPS) is 10.9. The molecule has 0 aliphatic heterocycles. The molecule has 0 saturated carbocycles. The van der Waals surface area contributed by atoms with Crippen LogP contribution in [0.15, 0.2) is 65.1 Å². The molecule has 142 valence electrons. The van der Waals surface area contributed by atoms with Crippen molar-refractivity contribution < 1.29 is 4.74 Å². The van der Waals surface area contributed by atoms with E-state index in [2.05, 4.69) is 39.2 Å². The van der Waals surface area contributed by atoms with E-state index in [1.54, 1.807) is 30.2 Å². The summed E-state index contributed by atoms with van der Waals surface area (Å²) >= 11 is 3.34. The van der Waals surface area contributed by atoms with E-state index in [4.69, 9.17) is 9.72 Å². The molecule has 0 unspecified atom stereocenters. The molecule has 0 N–H and O–H groups in total. The highest BCUT2D eigenvalue weighted by molar-refractivity contribution is 7.98. The average Bonchev–Trinajstić information content (AvgIpc) is 3.39. The molecular formula is C21H20N4OS2. The van der Waals surface area contributed by atoms with Gasteiger partial charge in [0.05, 0.1) is 12.8 Å². The monoisotopic (exact) mass is 408 g/mol. The van der Waals surface area contributed by atoms with Gasteiger partial charge in [-0.3, -0.25) is 0 Å². The SMILES string of the molecule is CCn1c(SCc2csc(-c3ccccc3)n2)nnc1-c1ccc(OC)cc1. The Kier molecular flexibility index (Phi) is 5.73. The fraction of sp³-hybridized carbons (Fsp3) is 0.190. The Labute approximate surface area is 172 Å². The largest absolute Gasteiger partial charge is 0.497 e. The van der Waals surface area contributed by atoms with E-state index in [1.165, 1.54) is 0 Å². The number of hydrogen-bond donors (Lipinski definition) is 0. The number of thioether (sulfide) groups is 1. The van der Waals surface area contributed by atoms with Gasteiger partial charge < -0.3 is 9.30 Å². The predicted molar refractivity (Wildman–Crippen MR) is 115 cm³/mol. The second-order valence-electron chi connectivity index (χ2n) is 6.08. The maximum Gasteiger partial charge on any atom is 0.191 e. The van der Waals surface area contributed by atoms with Gasteiger partial charge in [0.1, 0.15) is 10.8 Å². The first kappa shape index (κ1) is 18.7. The second kappa shape index (κ2) is 8.58. The maximum absolute atomic E-state index is 5.24. The van der Waals surface area contributed by atoms with E-state index in [1.807, 2.05) is 42.5 Å². The smallest absolute Gasteiger partial charge is 0.191 e. The minimum absolute atomic E-state index is 0.768. The van der Waals surface area contributed by atoms with Crippen molar-refractivity contribution in [1.29, 1.82) is 0 Å². The van der Waals surface area contributed by atoms with Crippen LogP contribution in [-0.2, 0) is 12.3 Å². The Hall–Kier alpha value is -2.64. The quantitative estimate of drug-likeness (QED) is 0.384. The van der Waals surface area contributed by atoms with Crippen LogP contribution in [0.1, 0.15) is 12.6 Å². The molecule has 2 aromatic heterocycles. The number of aromatic nitrogens is 4. The Morgan fingerprint density at radius 2 is 1.79 bits per heavy atom. The predicted octanol–water partition coefficient (Wildman–Crippen LogP) is 5.39. The summed E-state index contributed by atoms with van der Waals surface area (Å²) in [5.74, 6) is 2.47. The van der Waals surface area contributed by atoms with Crippen LogP contribution in [0.25, 0.3) is 22.0 Å². The van der Waals surface area contributed by atoms with Gasteiger partial charge in [-0.25, -0.2) is 4.98 Å². The van der Waals surface area contributed by atoms with Crippen LogP contribution >= 0.6 is 23.1 Å². The van der Waals surface area contributed by atoms with Gasteiger partial charge in [-0.05, 0) is 31.2 Å². The molecule has 4 rings (SSSR count). The molecular weight excluding hydrogens is 388 g/mol. The molecule has 7 heteroatoms. The van der Waals surface area contributed by atoms with Crippen LogP contribution in [0.3, 0.4) is 0 Å². The first-order valence-electron chi connectivity index (χ1n) is 8.98. The molecule has 5 nitrogen and oxygen atoms in total. The van der Waals surface area contributed by atoms with Crippen LogP contribution in [0, 0.1) is 0 Å². The molecule has 0 atom stereocenters. The van der Waals surface area contributed by atoms with Crippen molar-refractivity contribution in [2.75, 3.05) is 7.11 Å².